The van der Waals surface area contributed by atoms with Crippen LogP contribution >= 0.6 is 11.6 Å². The fraction of sp³-hybridized carbons (Fsp3) is 0.579. The third kappa shape index (κ3) is 3.49. The lowest BCUT2D eigenvalue weighted by Gasteiger charge is -2.38. The zero-order valence-corrected chi connectivity index (χ0v) is 16.8. The van der Waals surface area contributed by atoms with Crippen molar-refractivity contribution in [2.24, 2.45) is 0 Å². The number of hydrogen-bond acceptors (Lipinski definition) is 4. The van der Waals surface area contributed by atoms with Crippen LogP contribution < -0.4 is 5.32 Å². The highest BCUT2D eigenvalue weighted by molar-refractivity contribution is 6.36. The summed E-state index contributed by atoms with van der Waals surface area (Å²) in [6.45, 7) is 3.86. The van der Waals surface area contributed by atoms with E-state index in [4.69, 9.17) is 16.0 Å². The topological polar surface area (TPSA) is 63.3 Å². The first-order chi connectivity index (χ1) is 13.7. The van der Waals surface area contributed by atoms with Crippen LogP contribution in [-0.4, -0.2) is 38.8 Å². The van der Waals surface area contributed by atoms with Crippen LogP contribution in [0, 0.1) is 0 Å². The van der Waals surface area contributed by atoms with Crippen molar-refractivity contribution in [1.82, 2.24) is 14.7 Å². The summed E-state index contributed by atoms with van der Waals surface area (Å²) in [5.41, 5.74) is -0.149. The van der Waals surface area contributed by atoms with Gasteiger partial charge in [0.05, 0.1) is 12.3 Å². The van der Waals surface area contributed by atoms with Crippen LogP contribution in [0.4, 0.5) is 19.0 Å². The molecule has 0 aromatic carbocycles. The third-order valence-corrected chi connectivity index (χ3v) is 6.17. The van der Waals surface area contributed by atoms with Gasteiger partial charge in [-0.15, -0.1) is 0 Å². The van der Waals surface area contributed by atoms with Crippen molar-refractivity contribution in [3.8, 4) is 0 Å². The SMILES string of the molecule is C[C@H]1CCC[C@H](C)N1C(=O)c1nn2c(c1Cl)N[C@@H](c1ccco1)C[C@H]2C(F)(F)F. The van der Waals surface area contributed by atoms with E-state index in [9.17, 15) is 18.0 Å². The van der Waals surface area contributed by atoms with E-state index in [1.165, 1.54) is 6.26 Å². The molecule has 0 bridgehead atoms. The van der Waals surface area contributed by atoms with E-state index < -0.39 is 24.2 Å². The number of furan rings is 1. The number of fused-ring (bicyclic) bond motifs is 1. The maximum atomic E-state index is 13.8. The Bertz CT molecular complexity index is 886. The lowest BCUT2D eigenvalue weighted by atomic mass is 9.97. The molecule has 10 heteroatoms. The Morgan fingerprint density at radius 3 is 2.59 bits per heavy atom. The van der Waals surface area contributed by atoms with Gasteiger partial charge in [0, 0.05) is 18.5 Å². The number of carbonyl (C=O) groups is 1. The minimum absolute atomic E-state index is 0.0118. The van der Waals surface area contributed by atoms with E-state index in [2.05, 4.69) is 10.4 Å². The summed E-state index contributed by atoms with van der Waals surface area (Å²) in [5.74, 6) is -0.0786. The number of halogens is 4. The summed E-state index contributed by atoms with van der Waals surface area (Å²) in [5, 5.41) is 6.92. The van der Waals surface area contributed by atoms with E-state index in [0.717, 1.165) is 23.9 Å². The summed E-state index contributed by atoms with van der Waals surface area (Å²) < 4.78 is 47.5. The zero-order valence-electron chi connectivity index (χ0n) is 16.0. The number of aromatic nitrogens is 2. The van der Waals surface area contributed by atoms with E-state index in [0.29, 0.717) is 5.76 Å². The molecule has 4 heterocycles. The summed E-state index contributed by atoms with van der Waals surface area (Å²) in [7, 11) is 0. The van der Waals surface area contributed by atoms with Gasteiger partial charge in [0.15, 0.2) is 11.7 Å². The predicted molar refractivity (Wildman–Crippen MR) is 101 cm³/mol. The fourth-order valence-corrected chi connectivity index (χ4v) is 4.61. The molecule has 1 amide bonds. The zero-order chi connectivity index (χ0) is 20.9. The normalized spacial score (nSPS) is 27.4. The fourth-order valence-electron chi connectivity index (χ4n) is 4.35. The summed E-state index contributed by atoms with van der Waals surface area (Å²) in [4.78, 5) is 14.8. The Morgan fingerprint density at radius 1 is 1.31 bits per heavy atom. The van der Waals surface area contributed by atoms with Gasteiger partial charge in [-0.2, -0.15) is 18.3 Å². The molecule has 0 radical (unpaired) electrons. The molecule has 0 spiro atoms. The van der Waals surface area contributed by atoms with Crippen LogP contribution in [0.15, 0.2) is 22.8 Å². The molecule has 2 aromatic heterocycles. The minimum Gasteiger partial charge on any atom is -0.467 e. The highest BCUT2D eigenvalue weighted by Gasteiger charge is 2.48. The number of nitrogens with one attached hydrogen (secondary N) is 1. The third-order valence-electron chi connectivity index (χ3n) is 5.81. The Balaban J connectivity index is 1.74. The first kappa shape index (κ1) is 20.1. The van der Waals surface area contributed by atoms with E-state index >= 15 is 0 Å². The van der Waals surface area contributed by atoms with E-state index in [-0.39, 0.29) is 35.0 Å². The van der Waals surface area contributed by atoms with Crippen LogP contribution in [0.5, 0.6) is 0 Å². The molecule has 1 saturated heterocycles. The van der Waals surface area contributed by atoms with Crippen molar-refractivity contribution in [2.75, 3.05) is 5.32 Å². The molecule has 29 heavy (non-hydrogen) atoms. The first-order valence-corrected chi connectivity index (χ1v) is 10.0. The number of anilines is 1. The van der Waals surface area contributed by atoms with E-state index in [1.807, 2.05) is 13.8 Å². The van der Waals surface area contributed by atoms with Crippen molar-refractivity contribution >= 4 is 23.3 Å². The van der Waals surface area contributed by atoms with Gasteiger partial charge < -0.3 is 14.6 Å². The van der Waals surface area contributed by atoms with Crippen LogP contribution in [-0.2, 0) is 0 Å². The van der Waals surface area contributed by atoms with Crippen molar-refractivity contribution in [3.63, 3.8) is 0 Å². The molecule has 0 aliphatic carbocycles. The monoisotopic (exact) mass is 430 g/mol. The summed E-state index contributed by atoms with van der Waals surface area (Å²) in [6.07, 6.45) is -0.783. The number of amides is 1. The number of piperidine rings is 1. The predicted octanol–water partition coefficient (Wildman–Crippen LogP) is 5.19. The van der Waals surface area contributed by atoms with Gasteiger partial charge in [-0.25, -0.2) is 4.68 Å². The highest BCUT2D eigenvalue weighted by atomic mass is 35.5. The van der Waals surface area contributed by atoms with Gasteiger partial charge in [0.2, 0.25) is 0 Å². The van der Waals surface area contributed by atoms with Crippen molar-refractivity contribution in [3.05, 3.63) is 34.9 Å². The Morgan fingerprint density at radius 2 is 2.00 bits per heavy atom. The number of carbonyl (C=O) groups excluding carboxylic acids is 1. The number of hydrogen-bond donors (Lipinski definition) is 1. The van der Waals surface area contributed by atoms with Crippen molar-refractivity contribution in [2.45, 2.75) is 69.9 Å². The molecule has 2 aliphatic rings. The Hall–Kier alpha value is -2.16. The van der Waals surface area contributed by atoms with Crippen LogP contribution in [0.3, 0.4) is 0 Å². The molecule has 2 aromatic rings. The van der Waals surface area contributed by atoms with Gasteiger partial charge in [-0.05, 0) is 45.2 Å². The molecular formula is C19H22ClF3N4O2. The average Bonchev–Trinajstić information content (AvgIpc) is 3.28. The first-order valence-electron chi connectivity index (χ1n) is 9.65. The maximum Gasteiger partial charge on any atom is 0.410 e. The van der Waals surface area contributed by atoms with E-state index in [1.54, 1.807) is 17.0 Å². The van der Waals surface area contributed by atoms with Crippen molar-refractivity contribution in [1.29, 1.82) is 0 Å². The summed E-state index contributed by atoms with van der Waals surface area (Å²) in [6, 6.07) is 0.528. The smallest absolute Gasteiger partial charge is 0.410 e. The second-order valence-electron chi connectivity index (χ2n) is 7.80. The van der Waals surface area contributed by atoms with Gasteiger partial charge in [0.25, 0.3) is 5.91 Å². The molecule has 1 fully saturated rings. The second-order valence-corrected chi connectivity index (χ2v) is 8.18. The van der Waals surface area contributed by atoms with Gasteiger partial charge in [0.1, 0.15) is 16.6 Å². The summed E-state index contributed by atoms with van der Waals surface area (Å²) >= 11 is 6.40. The standard InChI is InChI=1S/C19H22ClF3N4O2/c1-10-5-3-6-11(2)26(10)18(28)16-15(20)17-24-12(13-7-4-8-29-13)9-14(19(21,22)23)27(17)25-16/h4,7-8,10-12,14,24H,3,5-6,9H2,1-2H3/t10-,11-,12+,14-/m0/s1. The minimum atomic E-state index is -4.55. The maximum absolute atomic E-state index is 13.8. The molecule has 2 aliphatic heterocycles. The molecule has 0 saturated carbocycles. The Kier molecular flexibility index (Phi) is 5.04. The lowest BCUT2D eigenvalue weighted by Crippen LogP contribution is -2.47. The lowest BCUT2D eigenvalue weighted by molar-refractivity contribution is -0.174. The average molecular weight is 431 g/mol. The van der Waals surface area contributed by atoms with Crippen LogP contribution in [0.2, 0.25) is 5.02 Å². The molecule has 6 nitrogen and oxygen atoms in total. The number of rotatable bonds is 2. The Labute approximate surface area is 171 Å². The van der Waals surface area contributed by atoms with Crippen molar-refractivity contribution < 1.29 is 22.4 Å². The molecule has 4 rings (SSSR count). The molecule has 1 N–H and O–H groups in total. The number of alkyl halides is 3. The number of nitrogens with zero attached hydrogens (tertiary/aromatic N) is 3. The van der Waals surface area contributed by atoms with Crippen LogP contribution in [0.1, 0.15) is 67.9 Å². The largest absolute Gasteiger partial charge is 0.467 e. The number of likely N-dealkylation sites (tertiary alicyclic amines) is 1. The second kappa shape index (κ2) is 7.27. The molecule has 158 valence electrons. The molecule has 0 unspecified atom stereocenters. The van der Waals surface area contributed by atoms with Gasteiger partial charge in [-0.3, -0.25) is 4.79 Å². The molecule has 4 atom stereocenters. The van der Waals surface area contributed by atoms with Gasteiger partial charge in [-0.1, -0.05) is 11.6 Å². The van der Waals surface area contributed by atoms with Gasteiger partial charge >= 0.3 is 6.18 Å². The van der Waals surface area contributed by atoms with Crippen LogP contribution in [0.25, 0.3) is 0 Å². The highest BCUT2D eigenvalue weighted by Crippen LogP contribution is 2.46. The molecular weight excluding hydrogens is 409 g/mol. The quantitative estimate of drug-likeness (QED) is 0.711.